The van der Waals surface area contributed by atoms with Gasteiger partial charge >= 0.3 is 0 Å². The smallest absolute Gasteiger partial charge is 0.263 e. The Morgan fingerprint density at radius 2 is 1.94 bits per heavy atom. The lowest BCUT2D eigenvalue weighted by molar-refractivity contribution is 0.102. The molecule has 0 aliphatic carbocycles. The van der Waals surface area contributed by atoms with E-state index >= 15 is 0 Å². The number of pyridine rings is 2. The minimum Gasteiger partial charge on any atom is -0.474 e. The van der Waals surface area contributed by atoms with Gasteiger partial charge in [-0.05, 0) is 43.7 Å². The van der Waals surface area contributed by atoms with Crippen LogP contribution in [0.3, 0.4) is 0 Å². The van der Waals surface area contributed by atoms with Crippen molar-refractivity contribution in [1.82, 2.24) is 9.97 Å². The van der Waals surface area contributed by atoms with Crippen molar-refractivity contribution in [2.24, 2.45) is 0 Å². The molecule has 1 aliphatic rings. The monoisotopic (exact) mass is 484 g/mol. The molecule has 3 aromatic rings. The first-order chi connectivity index (χ1) is 16.1. The number of carbonyl (C=O) groups excluding carboxylic acids is 1. The first-order valence-electron chi connectivity index (χ1n) is 10.4. The summed E-state index contributed by atoms with van der Waals surface area (Å²) in [6.07, 6.45) is 4.08. The fourth-order valence-electron chi connectivity index (χ4n) is 3.57. The molecule has 5 N–H and O–H groups in total. The molecule has 12 heteroatoms. The molecule has 178 valence electrons. The van der Waals surface area contributed by atoms with Gasteiger partial charge in [0.2, 0.25) is 15.9 Å². The number of nitrogens with one attached hydrogen (secondary N) is 5. The first kappa shape index (κ1) is 23.1. The van der Waals surface area contributed by atoms with Crippen LogP contribution in [0.25, 0.3) is 0 Å². The summed E-state index contributed by atoms with van der Waals surface area (Å²) in [5.41, 5.74) is 3.25. The maximum atomic E-state index is 13.1. The molecule has 34 heavy (non-hydrogen) atoms. The van der Waals surface area contributed by atoms with Gasteiger partial charge in [0.1, 0.15) is 17.9 Å². The van der Waals surface area contributed by atoms with Crippen LogP contribution < -0.4 is 31.0 Å². The molecule has 0 atom stereocenters. The zero-order chi connectivity index (χ0) is 24.5. The van der Waals surface area contributed by atoms with Gasteiger partial charge in [-0.2, -0.15) is 0 Å². The second-order valence-electron chi connectivity index (χ2n) is 7.83. The zero-order valence-corrected chi connectivity index (χ0v) is 19.6. The van der Waals surface area contributed by atoms with Crippen LogP contribution in [0.5, 0.6) is 5.88 Å². The molecule has 0 radical (unpaired) electrons. The number of anilines is 5. The Hall–Kier alpha value is -4.06. The highest BCUT2D eigenvalue weighted by molar-refractivity contribution is 7.92. The third-order valence-electron chi connectivity index (χ3n) is 5.18. The standard InChI is InChI=1S/C22H24N6O5S/c1-12-10-14(28-34(3,31)32)4-5-15(12)27-21(30)18-16(6-7-24-20(18)29)26-17-11-25-22-19(13(17)2)23-8-9-33-22/h4-7,10-11,23,28H,8-9H2,1-3H3,(H,27,30)(H2,24,26,29). The molecule has 0 saturated carbocycles. The highest BCUT2D eigenvalue weighted by atomic mass is 32.2. The number of hydrogen-bond donors (Lipinski definition) is 5. The van der Waals surface area contributed by atoms with Crippen LogP contribution in [0, 0.1) is 13.8 Å². The number of rotatable bonds is 6. The maximum absolute atomic E-state index is 13.1. The van der Waals surface area contributed by atoms with Crippen LogP contribution in [0.2, 0.25) is 0 Å². The van der Waals surface area contributed by atoms with Crippen LogP contribution in [0.1, 0.15) is 21.5 Å². The Kier molecular flexibility index (Phi) is 6.16. The van der Waals surface area contributed by atoms with Crippen LogP contribution in [-0.4, -0.2) is 43.7 Å². The van der Waals surface area contributed by atoms with Gasteiger partial charge < -0.3 is 25.7 Å². The average molecular weight is 485 g/mol. The average Bonchev–Trinajstić information content (AvgIpc) is 2.77. The van der Waals surface area contributed by atoms with E-state index in [1.54, 1.807) is 31.3 Å². The van der Waals surface area contributed by atoms with E-state index in [0.29, 0.717) is 47.3 Å². The van der Waals surface area contributed by atoms with E-state index < -0.39 is 21.5 Å². The number of amides is 1. The van der Waals surface area contributed by atoms with Gasteiger partial charge in [0.05, 0.1) is 23.8 Å². The summed E-state index contributed by atoms with van der Waals surface area (Å²) in [7, 11) is -3.43. The van der Waals surface area contributed by atoms with Gasteiger partial charge in [-0.25, -0.2) is 13.4 Å². The molecule has 2 aromatic heterocycles. The van der Waals surface area contributed by atoms with E-state index in [1.807, 2.05) is 6.92 Å². The number of ether oxygens (including phenoxy) is 1. The zero-order valence-electron chi connectivity index (χ0n) is 18.8. The highest BCUT2D eigenvalue weighted by Crippen LogP contribution is 2.34. The summed E-state index contributed by atoms with van der Waals surface area (Å²) in [6, 6.07) is 6.26. The predicted molar refractivity (Wildman–Crippen MR) is 131 cm³/mol. The fourth-order valence-corrected chi connectivity index (χ4v) is 4.12. The molecule has 0 spiro atoms. The normalized spacial score (nSPS) is 12.7. The third-order valence-corrected chi connectivity index (χ3v) is 5.79. The lowest BCUT2D eigenvalue weighted by Gasteiger charge is -2.22. The summed E-state index contributed by atoms with van der Waals surface area (Å²) in [4.78, 5) is 32.5. The number of nitrogens with zero attached hydrogens (tertiary/aromatic N) is 1. The molecule has 11 nitrogen and oxygen atoms in total. The van der Waals surface area contributed by atoms with Crippen molar-refractivity contribution in [2.45, 2.75) is 13.8 Å². The van der Waals surface area contributed by atoms with E-state index in [-0.39, 0.29) is 5.56 Å². The molecule has 3 heterocycles. The van der Waals surface area contributed by atoms with E-state index in [9.17, 15) is 18.0 Å². The summed E-state index contributed by atoms with van der Waals surface area (Å²) in [5.74, 6) is -0.122. The van der Waals surface area contributed by atoms with Crippen LogP contribution in [0.4, 0.5) is 28.4 Å². The van der Waals surface area contributed by atoms with Crippen molar-refractivity contribution in [2.75, 3.05) is 40.1 Å². The second kappa shape index (κ2) is 9.06. The number of hydrogen-bond acceptors (Lipinski definition) is 8. The number of benzene rings is 1. The lowest BCUT2D eigenvalue weighted by atomic mass is 10.1. The number of aromatic amines is 1. The summed E-state index contributed by atoms with van der Waals surface area (Å²) >= 11 is 0. The van der Waals surface area contributed by atoms with E-state index in [1.165, 1.54) is 12.3 Å². The molecule has 4 rings (SSSR count). The number of fused-ring (bicyclic) bond motifs is 1. The largest absolute Gasteiger partial charge is 0.474 e. The number of sulfonamides is 1. The van der Waals surface area contributed by atoms with Crippen LogP contribution >= 0.6 is 0 Å². The summed E-state index contributed by atoms with van der Waals surface area (Å²) in [6.45, 7) is 4.77. The molecule has 1 aromatic carbocycles. The predicted octanol–water partition coefficient (Wildman–Crippen LogP) is 2.56. The number of aryl methyl sites for hydroxylation is 1. The van der Waals surface area contributed by atoms with E-state index in [0.717, 1.165) is 17.5 Å². The number of carbonyl (C=O) groups is 1. The third kappa shape index (κ3) is 4.96. The van der Waals surface area contributed by atoms with Crippen molar-refractivity contribution >= 4 is 44.4 Å². The van der Waals surface area contributed by atoms with Crippen molar-refractivity contribution in [3.63, 3.8) is 0 Å². The molecule has 1 amide bonds. The Labute approximate surface area is 196 Å². The summed E-state index contributed by atoms with van der Waals surface area (Å²) in [5, 5.41) is 9.10. The van der Waals surface area contributed by atoms with Gasteiger partial charge in [-0.15, -0.1) is 0 Å². The van der Waals surface area contributed by atoms with E-state index in [2.05, 4.69) is 30.6 Å². The number of aromatic nitrogens is 2. The highest BCUT2D eigenvalue weighted by Gasteiger charge is 2.20. The van der Waals surface area contributed by atoms with Gasteiger partial charge in [0, 0.05) is 29.7 Å². The van der Waals surface area contributed by atoms with E-state index in [4.69, 9.17) is 4.74 Å². The molecule has 0 unspecified atom stereocenters. The Morgan fingerprint density at radius 3 is 2.68 bits per heavy atom. The summed E-state index contributed by atoms with van der Waals surface area (Å²) < 4.78 is 30.8. The number of H-pyrrole nitrogens is 1. The lowest BCUT2D eigenvalue weighted by Crippen LogP contribution is -2.25. The van der Waals surface area contributed by atoms with Gasteiger partial charge in [-0.3, -0.25) is 14.3 Å². The minimum atomic E-state index is -3.43. The van der Waals surface area contributed by atoms with Crippen LogP contribution in [0.15, 0.2) is 41.5 Å². The van der Waals surface area contributed by atoms with Gasteiger partial charge in [0.25, 0.3) is 11.5 Å². The molecule has 1 aliphatic heterocycles. The van der Waals surface area contributed by atoms with Gasteiger partial charge in [0.15, 0.2) is 0 Å². The van der Waals surface area contributed by atoms with Crippen molar-refractivity contribution in [3.8, 4) is 5.88 Å². The van der Waals surface area contributed by atoms with Gasteiger partial charge in [-0.1, -0.05) is 0 Å². The minimum absolute atomic E-state index is 0.110. The molecule has 0 saturated heterocycles. The SMILES string of the molecule is Cc1cc(NS(C)(=O)=O)ccc1NC(=O)c1c(Nc2cnc3c(c2C)NCCO3)cc[nH]c1=O. The van der Waals surface area contributed by atoms with Crippen LogP contribution in [-0.2, 0) is 10.0 Å². The van der Waals surface area contributed by atoms with Crippen molar-refractivity contribution in [3.05, 3.63) is 63.7 Å². The maximum Gasteiger partial charge on any atom is 0.263 e. The molecule has 0 fully saturated rings. The molecular formula is C22H24N6O5S. The Balaban J connectivity index is 1.61. The first-order valence-corrected chi connectivity index (χ1v) is 12.3. The van der Waals surface area contributed by atoms with Crippen molar-refractivity contribution < 1.29 is 17.9 Å². The quantitative estimate of drug-likeness (QED) is 0.358. The molecular weight excluding hydrogens is 460 g/mol. The fraction of sp³-hybridized carbons (Fsp3) is 0.227. The Bertz CT molecular complexity index is 1430. The van der Waals surface area contributed by atoms with Crippen molar-refractivity contribution in [1.29, 1.82) is 0 Å². The Morgan fingerprint density at radius 1 is 1.15 bits per heavy atom. The topological polar surface area (TPSA) is 154 Å². The molecule has 0 bridgehead atoms. The second-order valence-corrected chi connectivity index (χ2v) is 9.58.